The summed E-state index contributed by atoms with van der Waals surface area (Å²) in [5.41, 5.74) is 1.97. The largest absolute Gasteiger partial charge is 0.490 e. The first-order chi connectivity index (χ1) is 11.0. The molecule has 1 aliphatic rings. The van der Waals surface area contributed by atoms with Crippen molar-refractivity contribution >= 4 is 40.6 Å². The van der Waals surface area contributed by atoms with E-state index >= 15 is 0 Å². The van der Waals surface area contributed by atoms with Gasteiger partial charge in [-0.15, -0.1) is 0 Å². The van der Waals surface area contributed by atoms with Crippen molar-refractivity contribution in [3.63, 3.8) is 0 Å². The summed E-state index contributed by atoms with van der Waals surface area (Å²) in [6.45, 7) is 2.32. The number of carbonyl (C=O) groups excluding carboxylic acids is 2. The first-order valence-corrected chi connectivity index (χ1v) is 7.78. The predicted octanol–water partition coefficient (Wildman–Crippen LogP) is 3.91. The standard InChI is InChI=1S/C17H13Cl2NO3/c1-10-3-2-4-12-15(10)20(17(22)16(12)21)7-8-23-14-9-11(18)5-6-13(14)19/h2-6,9H,7-8H2,1H3. The lowest BCUT2D eigenvalue weighted by molar-refractivity contribution is -0.114. The first-order valence-electron chi connectivity index (χ1n) is 7.02. The van der Waals surface area contributed by atoms with E-state index < -0.39 is 11.7 Å². The van der Waals surface area contributed by atoms with Crippen LogP contribution in [0.1, 0.15) is 15.9 Å². The highest BCUT2D eigenvalue weighted by atomic mass is 35.5. The Balaban J connectivity index is 1.76. The van der Waals surface area contributed by atoms with E-state index in [4.69, 9.17) is 27.9 Å². The lowest BCUT2D eigenvalue weighted by atomic mass is 10.1. The Labute approximate surface area is 143 Å². The van der Waals surface area contributed by atoms with Gasteiger partial charge in [-0.05, 0) is 30.7 Å². The molecule has 2 aromatic rings. The van der Waals surface area contributed by atoms with Crippen LogP contribution in [0.15, 0.2) is 36.4 Å². The summed E-state index contributed by atoms with van der Waals surface area (Å²) in [6, 6.07) is 10.2. The Morgan fingerprint density at radius 2 is 1.91 bits per heavy atom. The smallest absolute Gasteiger partial charge is 0.299 e. The lowest BCUT2D eigenvalue weighted by Gasteiger charge is -2.19. The second-order valence-electron chi connectivity index (χ2n) is 5.18. The molecule has 0 N–H and O–H groups in total. The number of hydrogen-bond acceptors (Lipinski definition) is 3. The zero-order valence-electron chi connectivity index (χ0n) is 12.3. The molecule has 0 aromatic heterocycles. The first kappa shape index (κ1) is 15.8. The Morgan fingerprint density at radius 1 is 1.13 bits per heavy atom. The van der Waals surface area contributed by atoms with Crippen LogP contribution in [0, 0.1) is 6.92 Å². The molecule has 3 rings (SSSR count). The maximum atomic E-state index is 12.2. The molecule has 0 aliphatic carbocycles. The average molecular weight is 350 g/mol. The summed E-state index contributed by atoms with van der Waals surface area (Å²) in [5, 5.41) is 0.952. The third kappa shape index (κ3) is 2.92. The lowest BCUT2D eigenvalue weighted by Crippen LogP contribution is -2.33. The highest BCUT2D eigenvalue weighted by Gasteiger charge is 2.36. The van der Waals surface area contributed by atoms with Crippen molar-refractivity contribution in [1.82, 2.24) is 0 Å². The normalized spacial score (nSPS) is 13.4. The van der Waals surface area contributed by atoms with Crippen LogP contribution in [-0.4, -0.2) is 24.8 Å². The van der Waals surface area contributed by atoms with Gasteiger partial charge in [-0.2, -0.15) is 0 Å². The van der Waals surface area contributed by atoms with Crippen molar-refractivity contribution in [2.75, 3.05) is 18.1 Å². The Bertz CT molecular complexity index is 804. The molecule has 4 nitrogen and oxygen atoms in total. The Morgan fingerprint density at radius 3 is 2.70 bits per heavy atom. The zero-order valence-corrected chi connectivity index (χ0v) is 13.8. The summed E-state index contributed by atoms with van der Waals surface area (Å²) in [7, 11) is 0. The van der Waals surface area contributed by atoms with Gasteiger partial charge in [-0.1, -0.05) is 35.3 Å². The van der Waals surface area contributed by atoms with E-state index in [1.54, 1.807) is 30.3 Å². The van der Waals surface area contributed by atoms with Crippen LogP contribution in [0.25, 0.3) is 0 Å². The van der Waals surface area contributed by atoms with Gasteiger partial charge in [-0.25, -0.2) is 0 Å². The van der Waals surface area contributed by atoms with Crippen LogP contribution in [0.4, 0.5) is 5.69 Å². The zero-order chi connectivity index (χ0) is 16.6. The van der Waals surface area contributed by atoms with E-state index in [1.807, 2.05) is 13.0 Å². The highest BCUT2D eigenvalue weighted by molar-refractivity contribution is 6.52. The second kappa shape index (κ2) is 6.22. The van der Waals surface area contributed by atoms with Crippen LogP contribution in [0.5, 0.6) is 5.75 Å². The number of para-hydroxylation sites is 1. The summed E-state index contributed by atoms with van der Waals surface area (Å²) in [4.78, 5) is 25.6. The molecule has 1 heterocycles. The van der Waals surface area contributed by atoms with Crippen LogP contribution in [-0.2, 0) is 4.79 Å². The minimum absolute atomic E-state index is 0.201. The summed E-state index contributed by atoms with van der Waals surface area (Å²) < 4.78 is 5.60. The molecule has 0 saturated carbocycles. The fraction of sp³-hybridized carbons (Fsp3) is 0.176. The molecule has 2 aromatic carbocycles. The third-order valence-electron chi connectivity index (χ3n) is 3.66. The van der Waals surface area contributed by atoms with Gasteiger partial charge in [0.05, 0.1) is 22.8 Å². The van der Waals surface area contributed by atoms with E-state index in [-0.39, 0.29) is 13.2 Å². The number of benzene rings is 2. The van der Waals surface area contributed by atoms with Gasteiger partial charge in [0, 0.05) is 11.1 Å². The minimum atomic E-state index is -0.532. The molecule has 0 bridgehead atoms. The quantitative estimate of drug-likeness (QED) is 0.786. The van der Waals surface area contributed by atoms with Gasteiger partial charge in [0.15, 0.2) is 0 Å². The Kier molecular flexibility index (Phi) is 4.28. The number of hydrogen-bond donors (Lipinski definition) is 0. The summed E-state index contributed by atoms with van der Waals surface area (Å²) in [5.74, 6) is -0.568. The van der Waals surface area contributed by atoms with E-state index in [9.17, 15) is 9.59 Å². The second-order valence-corrected chi connectivity index (χ2v) is 6.02. The number of aryl methyl sites for hydroxylation is 1. The molecule has 23 heavy (non-hydrogen) atoms. The summed E-state index contributed by atoms with van der Waals surface area (Å²) in [6.07, 6.45) is 0. The third-order valence-corrected chi connectivity index (χ3v) is 4.20. The van der Waals surface area contributed by atoms with Gasteiger partial charge in [0.1, 0.15) is 12.4 Å². The molecule has 0 fully saturated rings. The minimum Gasteiger partial charge on any atom is -0.490 e. The van der Waals surface area contributed by atoms with Crippen LogP contribution in [0.2, 0.25) is 10.0 Å². The number of Topliss-reactive ketones (excluding diaryl/α,β-unsaturated/α-hetero) is 1. The van der Waals surface area contributed by atoms with Crippen LogP contribution in [0.3, 0.4) is 0 Å². The monoisotopic (exact) mass is 349 g/mol. The molecule has 1 amide bonds. The van der Waals surface area contributed by atoms with E-state index in [1.165, 1.54) is 4.90 Å². The maximum absolute atomic E-state index is 12.2. The highest BCUT2D eigenvalue weighted by Crippen LogP contribution is 2.32. The topological polar surface area (TPSA) is 46.6 Å². The fourth-order valence-corrected chi connectivity index (χ4v) is 2.92. The molecule has 1 aliphatic heterocycles. The number of amides is 1. The number of ether oxygens (including phenoxy) is 1. The van der Waals surface area contributed by atoms with Crippen molar-refractivity contribution in [3.8, 4) is 5.75 Å². The maximum Gasteiger partial charge on any atom is 0.299 e. The number of ketones is 1. The van der Waals surface area contributed by atoms with Crippen molar-refractivity contribution in [3.05, 3.63) is 57.6 Å². The molecule has 0 unspecified atom stereocenters. The van der Waals surface area contributed by atoms with Gasteiger partial charge in [0.25, 0.3) is 11.7 Å². The molecule has 0 spiro atoms. The number of carbonyl (C=O) groups is 2. The van der Waals surface area contributed by atoms with Crippen LogP contribution >= 0.6 is 23.2 Å². The van der Waals surface area contributed by atoms with E-state index in [0.29, 0.717) is 27.0 Å². The molecular formula is C17H13Cl2NO3. The van der Waals surface area contributed by atoms with Crippen molar-refractivity contribution < 1.29 is 14.3 Å². The molecular weight excluding hydrogens is 337 g/mol. The number of nitrogens with zero attached hydrogens (tertiary/aromatic N) is 1. The van der Waals surface area contributed by atoms with Gasteiger partial charge >= 0.3 is 0 Å². The van der Waals surface area contributed by atoms with E-state index in [0.717, 1.165) is 5.56 Å². The van der Waals surface area contributed by atoms with Crippen molar-refractivity contribution in [1.29, 1.82) is 0 Å². The number of anilines is 1. The fourth-order valence-electron chi connectivity index (χ4n) is 2.59. The Hall–Kier alpha value is -2.04. The van der Waals surface area contributed by atoms with Crippen molar-refractivity contribution in [2.45, 2.75) is 6.92 Å². The van der Waals surface area contributed by atoms with Gasteiger partial charge in [0.2, 0.25) is 0 Å². The predicted molar refractivity (Wildman–Crippen MR) is 89.8 cm³/mol. The molecule has 118 valence electrons. The van der Waals surface area contributed by atoms with Crippen LogP contribution < -0.4 is 9.64 Å². The molecule has 6 heteroatoms. The number of fused-ring (bicyclic) bond motifs is 1. The molecule has 0 saturated heterocycles. The van der Waals surface area contributed by atoms with Gasteiger partial charge in [-0.3, -0.25) is 9.59 Å². The molecule has 0 atom stereocenters. The van der Waals surface area contributed by atoms with Gasteiger partial charge < -0.3 is 9.64 Å². The average Bonchev–Trinajstić information content (AvgIpc) is 2.77. The van der Waals surface area contributed by atoms with Crippen molar-refractivity contribution in [2.24, 2.45) is 0 Å². The summed E-state index contributed by atoms with van der Waals surface area (Å²) >= 11 is 11.9. The number of rotatable bonds is 4. The molecule has 0 radical (unpaired) electrons. The SMILES string of the molecule is Cc1cccc2c1N(CCOc1cc(Cl)ccc1Cl)C(=O)C2=O. The van der Waals surface area contributed by atoms with E-state index in [2.05, 4.69) is 0 Å². The number of halogens is 2.